The summed E-state index contributed by atoms with van der Waals surface area (Å²) in [5, 5.41) is 10.8. The molecule has 0 unspecified atom stereocenters. The van der Waals surface area contributed by atoms with Gasteiger partial charge in [-0.2, -0.15) is 0 Å². The van der Waals surface area contributed by atoms with Gasteiger partial charge < -0.3 is 0 Å². The number of carbonyl (C=O) groups excluding carboxylic acids is 1. The molecule has 0 amide bonds. The van der Waals surface area contributed by atoms with Crippen LogP contribution >= 0.6 is 0 Å². The van der Waals surface area contributed by atoms with Gasteiger partial charge in [0.05, 0.1) is 4.92 Å². The van der Waals surface area contributed by atoms with Gasteiger partial charge in [-0.3, -0.25) is 14.9 Å². The summed E-state index contributed by atoms with van der Waals surface area (Å²) in [6.45, 7) is 3.55. The van der Waals surface area contributed by atoms with Gasteiger partial charge in [0, 0.05) is 23.4 Å². The van der Waals surface area contributed by atoms with Crippen molar-refractivity contribution in [1.29, 1.82) is 0 Å². The lowest BCUT2D eigenvalue weighted by Gasteiger charge is -2.06. The van der Waals surface area contributed by atoms with Crippen molar-refractivity contribution >= 4 is 12.0 Å². The van der Waals surface area contributed by atoms with Crippen LogP contribution in [0.3, 0.4) is 0 Å². The number of hydrogen-bond acceptors (Lipinski definition) is 5. The molecule has 0 bridgehead atoms. The number of nitro groups is 1. The first-order valence-electron chi connectivity index (χ1n) is 5.57. The number of aldehydes is 1. The fourth-order valence-corrected chi connectivity index (χ4v) is 1.74. The van der Waals surface area contributed by atoms with Crippen molar-refractivity contribution in [1.82, 2.24) is 9.97 Å². The summed E-state index contributed by atoms with van der Waals surface area (Å²) in [5.74, 6) is 0.323. The fraction of sp³-hybridized carbons (Fsp3) is 0.154. The van der Waals surface area contributed by atoms with E-state index in [1.807, 2.05) is 6.92 Å². The summed E-state index contributed by atoms with van der Waals surface area (Å²) < 4.78 is 0. The molecule has 6 heteroatoms. The summed E-state index contributed by atoms with van der Waals surface area (Å²) >= 11 is 0. The van der Waals surface area contributed by atoms with Crippen LogP contribution in [0.5, 0.6) is 0 Å². The van der Waals surface area contributed by atoms with Gasteiger partial charge in [0.15, 0.2) is 12.1 Å². The second-order valence-corrected chi connectivity index (χ2v) is 4.13. The van der Waals surface area contributed by atoms with Gasteiger partial charge in [-0.25, -0.2) is 9.97 Å². The molecular formula is C13H11N3O3. The number of aromatic nitrogens is 2. The number of carbonyl (C=O) groups is 1. The Hall–Kier alpha value is -2.63. The van der Waals surface area contributed by atoms with Crippen LogP contribution in [0.2, 0.25) is 0 Å². The molecule has 0 spiro atoms. The third-order valence-electron chi connectivity index (χ3n) is 2.67. The Kier molecular flexibility index (Phi) is 3.33. The van der Waals surface area contributed by atoms with Gasteiger partial charge in [-0.1, -0.05) is 6.07 Å². The SMILES string of the molecule is Cc1cc(C=O)nc(-c2cc([N+](=O)[O-])ccc2C)n1. The van der Waals surface area contributed by atoms with Crippen LogP contribution < -0.4 is 0 Å². The largest absolute Gasteiger partial charge is 0.296 e. The van der Waals surface area contributed by atoms with Crippen molar-refractivity contribution in [2.24, 2.45) is 0 Å². The molecule has 1 aromatic carbocycles. The third-order valence-corrected chi connectivity index (χ3v) is 2.67. The Bertz CT molecular complexity index is 668. The summed E-state index contributed by atoms with van der Waals surface area (Å²) in [6, 6.07) is 6.04. The third kappa shape index (κ3) is 2.62. The maximum absolute atomic E-state index is 10.8. The Morgan fingerprint density at radius 1 is 1.21 bits per heavy atom. The number of rotatable bonds is 3. The molecule has 0 aliphatic heterocycles. The molecule has 1 heterocycles. The molecule has 0 aliphatic rings. The zero-order valence-corrected chi connectivity index (χ0v) is 10.5. The van der Waals surface area contributed by atoms with E-state index < -0.39 is 4.92 Å². The smallest absolute Gasteiger partial charge is 0.270 e. The van der Waals surface area contributed by atoms with Crippen molar-refractivity contribution in [2.75, 3.05) is 0 Å². The fourth-order valence-electron chi connectivity index (χ4n) is 1.74. The summed E-state index contributed by atoms with van der Waals surface area (Å²) in [6.07, 6.45) is 0.630. The molecular weight excluding hydrogens is 246 g/mol. The van der Waals surface area contributed by atoms with E-state index in [-0.39, 0.29) is 11.4 Å². The molecule has 0 N–H and O–H groups in total. The Balaban J connectivity index is 2.63. The van der Waals surface area contributed by atoms with Crippen LogP contribution in [0.25, 0.3) is 11.4 Å². The summed E-state index contributed by atoms with van der Waals surface area (Å²) in [4.78, 5) is 29.4. The number of aryl methyl sites for hydroxylation is 2. The van der Waals surface area contributed by atoms with E-state index in [0.717, 1.165) is 5.56 Å². The van der Waals surface area contributed by atoms with Gasteiger partial charge in [0.1, 0.15) is 5.69 Å². The minimum absolute atomic E-state index is 0.0293. The van der Waals surface area contributed by atoms with Crippen LogP contribution in [-0.2, 0) is 0 Å². The molecule has 1 aromatic heterocycles. The maximum atomic E-state index is 10.8. The Morgan fingerprint density at radius 3 is 2.58 bits per heavy atom. The average Bonchev–Trinajstić information content (AvgIpc) is 2.38. The molecule has 0 aliphatic carbocycles. The first-order chi connectivity index (χ1) is 9.01. The number of non-ortho nitro benzene ring substituents is 1. The lowest BCUT2D eigenvalue weighted by atomic mass is 10.1. The lowest BCUT2D eigenvalue weighted by molar-refractivity contribution is -0.384. The highest BCUT2D eigenvalue weighted by Crippen LogP contribution is 2.25. The van der Waals surface area contributed by atoms with E-state index in [0.29, 0.717) is 23.4 Å². The minimum Gasteiger partial charge on any atom is -0.296 e. The van der Waals surface area contributed by atoms with Crippen molar-refractivity contribution in [3.05, 3.63) is 51.3 Å². The molecule has 19 heavy (non-hydrogen) atoms. The predicted octanol–water partition coefficient (Wildman–Crippen LogP) is 2.48. The first-order valence-corrected chi connectivity index (χ1v) is 5.57. The van der Waals surface area contributed by atoms with E-state index >= 15 is 0 Å². The molecule has 0 saturated heterocycles. The highest BCUT2D eigenvalue weighted by Gasteiger charge is 2.13. The van der Waals surface area contributed by atoms with Gasteiger partial charge in [-0.05, 0) is 25.5 Å². The summed E-state index contributed by atoms with van der Waals surface area (Å²) in [5.41, 5.74) is 2.24. The maximum Gasteiger partial charge on any atom is 0.270 e. The lowest BCUT2D eigenvalue weighted by Crippen LogP contribution is -1.99. The quantitative estimate of drug-likeness (QED) is 0.479. The molecule has 2 aromatic rings. The van der Waals surface area contributed by atoms with Crippen LogP contribution in [0, 0.1) is 24.0 Å². The van der Waals surface area contributed by atoms with Crippen LogP contribution in [0.15, 0.2) is 24.3 Å². The monoisotopic (exact) mass is 257 g/mol. The van der Waals surface area contributed by atoms with Crippen molar-refractivity contribution < 1.29 is 9.72 Å². The predicted molar refractivity (Wildman–Crippen MR) is 69.0 cm³/mol. The van der Waals surface area contributed by atoms with Gasteiger partial charge in [0.25, 0.3) is 5.69 Å². The average molecular weight is 257 g/mol. The van der Waals surface area contributed by atoms with E-state index in [2.05, 4.69) is 9.97 Å². The second-order valence-electron chi connectivity index (χ2n) is 4.13. The second kappa shape index (κ2) is 4.93. The molecule has 2 rings (SSSR count). The van der Waals surface area contributed by atoms with E-state index in [1.54, 1.807) is 19.1 Å². The van der Waals surface area contributed by atoms with Crippen LogP contribution in [0.4, 0.5) is 5.69 Å². The topological polar surface area (TPSA) is 86.0 Å². The van der Waals surface area contributed by atoms with Gasteiger partial charge >= 0.3 is 0 Å². The van der Waals surface area contributed by atoms with Crippen molar-refractivity contribution in [3.8, 4) is 11.4 Å². The molecule has 0 saturated carbocycles. The standard InChI is InChI=1S/C13H11N3O3/c1-8-3-4-11(16(18)19)6-12(8)13-14-9(2)5-10(7-17)15-13/h3-7H,1-2H3. The molecule has 0 atom stereocenters. The number of nitrogens with zero attached hydrogens (tertiary/aromatic N) is 3. The Morgan fingerprint density at radius 2 is 1.95 bits per heavy atom. The normalized spacial score (nSPS) is 10.2. The van der Waals surface area contributed by atoms with Gasteiger partial charge in [0.2, 0.25) is 0 Å². The molecule has 0 fully saturated rings. The van der Waals surface area contributed by atoms with Crippen molar-refractivity contribution in [2.45, 2.75) is 13.8 Å². The Labute approximate surface area is 109 Å². The van der Waals surface area contributed by atoms with E-state index in [1.165, 1.54) is 12.1 Å². The zero-order chi connectivity index (χ0) is 14.0. The van der Waals surface area contributed by atoms with E-state index in [4.69, 9.17) is 0 Å². The minimum atomic E-state index is -0.473. The highest BCUT2D eigenvalue weighted by molar-refractivity contribution is 5.74. The number of hydrogen-bond donors (Lipinski definition) is 0. The van der Waals surface area contributed by atoms with Gasteiger partial charge in [-0.15, -0.1) is 0 Å². The van der Waals surface area contributed by atoms with Crippen LogP contribution in [-0.4, -0.2) is 21.2 Å². The molecule has 96 valence electrons. The first kappa shape index (κ1) is 12.8. The van der Waals surface area contributed by atoms with Crippen molar-refractivity contribution in [3.63, 3.8) is 0 Å². The molecule has 0 radical (unpaired) electrons. The highest BCUT2D eigenvalue weighted by atomic mass is 16.6. The number of nitro benzene ring substituents is 1. The summed E-state index contributed by atoms with van der Waals surface area (Å²) in [7, 11) is 0. The molecule has 6 nitrogen and oxygen atoms in total. The van der Waals surface area contributed by atoms with Crippen LogP contribution in [0.1, 0.15) is 21.7 Å². The number of benzene rings is 1. The van der Waals surface area contributed by atoms with E-state index in [9.17, 15) is 14.9 Å². The zero-order valence-electron chi connectivity index (χ0n) is 10.5.